The summed E-state index contributed by atoms with van der Waals surface area (Å²) in [4.78, 5) is 29.4. The van der Waals surface area contributed by atoms with Crippen LogP contribution in [-0.4, -0.2) is 27.2 Å². The highest BCUT2D eigenvalue weighted by Gasteiger charge is 2.62. The Kier molecular flexibility index (Phi) is 10.5. The first kappa shape index (κ1) is 32.2. The molecule has 0 spiro atoms. The van der Waals surface area contributed by atoms with Gasteiger partial charge >= 0.3 is 0 Å². The molecule has 0 unspecified atom stereocenters. The maximum Gasteiger partial charge on any atom is 0.185 e. The van der Waals surface area contributed by atoms with Crippen LogP contribution in [0.5, 0.6) is 0 Å². The molecule has 5 rings (SSSR count). The molecule has 1 aliphatic rings. The molecule has 0 aliphatic carbocycles. The van der Waals surface area contributed by atoms with Crippen LogP contribution in [0.1, 0.15) is 74.5 Å². The Balaban J connectivity index is 1.58. The second kappa shape index (κ2) is 14.3. The topological polar surface area (TPSA) is 58.6 Å². The lowest BCUT2D eigenvalue weighted by molar-refractivity contribution is -0.198. The molecule has 1 aliphatic heterocycles. The van der Waals surface area contributed by atoms with Crippen molar-refractivity contribution in [3.63, 3.8) is 0 Å². The van der Waals surface area contributed by atoms with E-state index in [0.717, 1.165) is 22.3 Å². The number of carbonyl (C=O) groups is 1. The van der Waals surface area contributed by atoms with Gasteiger partial charge in [-0.1, -0.05) is 121 Å². The highest BCUT2D eigenvalue weighted by atomic mass is 35.5. The van der Waals surface area contributed by atoms with Crippen molar-refractivity contribution in [2.24, 2.45) is 0 Å². The van der Waals surface area contributed by atoms with Gasteiger partial charge in [-0.3, -0.25) is 4.79 Å². The number of allylic oxidation sites excluding steroid dienone is 1. The van der Waals surface area contributed by atoms with Gasteiger partial charge in [0.15, 0.2) is 13.7 Å². The van der Waals surface area contributed by atoms with E-state index in [1.165, 1.54) is 0 Å². The smallest absolute Gasteiger partial charge is 0.185 e. The summed E-state index contributed by atoms with van der Waals surface area (Å²) >= 11 is 6.16. The first-order valence-corrected chi connectivity index (χ1v) is 17.2. The Bertz CT molecular complexity index is 1490. The zero-order valence-corrected chi connectivity index (χ0v) is 27.4. The highest BCUT2D eigenvalue weighted by molar-refractivity contribution is 7.62. The zero-order valence-electron chi connectivity index (χ0n) is 25.8. The van der Waals surface area contributed by atoms with Gasteiger partial charge in [0.2, 0.25) is 0 Å². The molecule has 3 atom stereocenters. The molecular formula is C37H41ClN3O2P. The lowest BCUT2D eigenvalue weighted by atomic mass is 9.92. The van der Waals surface area contributed by atoms with Gasteiger partial charge in [-0.15, -0.1) is 9.34 Å². The van der Waals surface area contributed by atoms with E-state index < -0.39 is 14.0 Å². The summed E-state index contributed by atoms with van der Waals surface area (Å²) in [5.74, 6) is -0.0662. The number of benzene rings is 4. The van der Waals surface area contributed by atoms with Crippen LogP contribution in [0.2, 0.25) is 5.02 Å². The summed E-state index contributed by atoms with van der Waals surface area (Å²) in [6, 6.07) is 37.1. The number of halogens is 1. The van der Waals surface area contributed by atoms with Gasteiger partial charge in [0.25, 0.3) is 0 Å². The first-order valence-electron chi connectivity index (χ1n) is 15.3. The Labute approximate surface area is 267 Å². The SMILES string of the molecule is CC(C)N1[C@@H](c2ccccc2)[C@H](c2ccccc2)N(C(C)C)[P+]1([O-])N[C@@H](CC(=O)/C=C/c1cccc(Cl)c1)c1ccccc1. The Morgan fingerprint density at radius 1 is 0.795 bits per heavy atom. The van der Waals surface area contributed by atoms with Crippen LogP contribution >= 0.6 is 19.5 Å². The zero-order chi connectivity index (χ0) is 31.3. The van der Waals surface area contributed by atoms with Gasteiger partial charge in [-0.05, 0) is 68.2 Å². The van der Waals surface area contributed by atoms with Gasteiger partial charge in [0.1, 0.15) is 0 Å². The van der Waals surface area contributed by atoms with Crippen LogP contribution in [0, 0.1) is 0 Å². The Morgan fingerprint density at radius 2 is 1.30 bits per heavy atom. The molecule has 0 aromatic heterocycles. The number of nitrogens with one attached hydrogen (secondary N) is 1. The van der Waals surface area contributed by atoms with Crippen LogP contribution in [0.25, 0.3) is 6.08 Å². The summed E-state index contributed by atoms with van der Waals surface area (Å²) in [6.45, 7) is 8.41. The maximum atomic E-state index is 15.9. The average molecular weight is 626 g/mol. The van der Waals surface area contributed by atoms with E-state index >= 15 is 4.89 Å². The van der Waals surface area contributed by atoms with Crippen LogP contribution in [0.3, 0.4) is 0 Å². The minimum Gasteiger partial charge on any atom is -0.636 e. The van der Waals surface area contributed by atoms with Gasteiger partial charge in [-0.25, -0.2) is 0 Å². The molecule has 0 bridgehead atoms. The van der Waals surface area contributed by atoms with E-state index in [1.54, 1.807) is 18.2 Å². The van der Waals surface area contributed by atoms with Crippen molar-refractivity contribution in [2.75, 3.05) is 0 Å². The molecule has 44 heavy (non-hydrogen) atoms. The van der Waals surface area contributed by atoms with E-state index in [1.807, 2.05) is 84.9 Å². The van der Waals surface area contributed by atoms with Gasteiger partial charge in [0.05, 0.1) is 18.1 Å². The quantitative estimate of drug-likeness (QED) is 0.134. The van der Waals surface area contributed by atoms with Crippen molar-refractivity contribution >= 4 is 31.4 Å². The monoisotopic (exact) mass is 625 g/mol. The summed E-state index contributed by atoms with van der Waals surface area (Å²) in [7, 11) is -3.48. The van der Waals surface area contributed by atoms with Gasteiger partial charge in [-0.2, -0.15) is 5.09 Å². The molecule has 228 valence electrons. The fourth-order valence-corrected chi connectivity index (χ4v) is 10.1. The van der Waals surface area contributed by atoms with Crippen LogP contribution in [0.15, 0.2) is 121 Å². The lowest BCUT2D eigenvalue weighted by Gasteiger charge is -2.45. The number of hydrogen-bond acceptors (Lipinski definition) is 5. The second-order valence-corrected chi connectivity index (χ2v) is 14.6. The van der Waals surface area contributed by atoms with Crippen LogP contribution in [0.4, 0.5) is 0 Å². The fraction of sp³-hybridized carbons (Fsp3) is 0.270. The average Bonchev–Trinajstić information content (AvgIpc) is 3.30. The van der Waals surface area contributed by atoms with Gasteiger partial charge in [0, 0.05) is 23.5 Å². The predicted octanol–water partition coefficient (Wildman–Crippen LogP) is 8.60. The number of carbonyl (C=O) groups excluding carboxylic acids is 1. The molecule has 5 nitrogen and oxygen atoms in total. The van der Waals surface area contributed by atoms with E-state index in [9.17, 15) is 4.79 Å². The third kappa shape index (κ3) is 7.05. The van der Waals surface area contributed by atoms with Crippen molar-refractivity contribution in [1.82, 2.24) is 14.4 Å². The van der Waals surface area contributed by atoms with Crippen molar-refractivity contribution in [1.29, 1.82) is 0 Å². The number of nitrogens with zero attached hydrogens (tertiary/aromatic N) is 2. The van der Waals surface area contributed by atoms with E-state index in [4.69, 9.17) is 11.6 Å². The second-order valence-electron chi connectivity index (χ2n) is 11.9. The molecule has 1 heterocycles. The summed E-state index contributed by atoms with van der Waals surface area (Å²) in [5, 5.41) is 4.26. The van der Waals surface area contributed by atoms with E-state index in [2.05, 4.69) is 66.4 Å². The minimum absolute atomic E-state index is 0.0525. The van der Waals surface area contributed by atoms with Crippen molar-refractivity contribution in [3.8, 4) is 0 Å². The van der Waals surface area contributed by atoms with Gasteiger partial charge < -0.3 is 4.89 Å². The first-order chi connectivity index (χ1) is 21.2. The summed E-state index contributed by atoms with van der Waals surface area (Å²) in [6.07, 6.45) is 3.52. The molecule has 0 radical (unpaired) electrons. The van der Waals surface area contributed by atoms with Crippen molar-refractivity contribution < 1.29 is 9.69 Å². The number of rotatable bonds is 11. The third-order valence-corrected chi connectivity index (χ3v) is 11.6. The normalized spacial score (nSPS) is 19.6. The number of ketones is 1. The molecule has 1 fully saturated rings. The third-order valence-electron chi connectivity index (χ3n) is 8.08. The van der Waals surface area contributed by atoms with Crippen molar-refractivity contribution in [2.45, 2.75) is 64.3 Å². The van der Waals surface area contributed by atoms with Crippen LogP contribution in [-0.2, 0) is 4.79 Å². The molecular weight excluding hydrogens is 585 g/mol. The summed E-state index contributed by atoms with van der Waals surface area (Å²) < 4.78 is 4.34. The van der Waals surface area contributed by atoms with E-state index in [-0.39, 0.29) is 36.4 Å². The molecule has 0 saturated carbocycles. The molecule has 1 N–H and O–H groups in total. The molecule has 4 aromatic carbocycles. The standard InChI is InChI=1S/C37H41ClN3O2P/c1-27(2)40-36(31-18-10-6-11-19-31)37(32-20-12-7-13-21-32)41(28(3)4)44(40,43)39-35(30-16-8-5-9-17-30)26-34(42)24-23-29-15-14-22-33(38)25-29/h5-25,27-28,35-37H,26H2,1-4H3,(H,39,43)/b24-23+/t35-,36-,37-/m0/s1. The fourth-order valence-electron chi connectivity index (χ4n) is 6.31. The lowest BCUT2D eigenvalue weighted by Crippen LogP contribution is -2.48. The molecule has 0 amide bonds. The molecule has 1 saturated heterocycles. The van der Waals surface area contributed by atoms with Crippen molar-refractivity contribution in [3.05, 3.63) is 149 Å². The number of hydrogen-bond donors (Lipinski definition) is 1. The largest absolute Gasteiger partial charge is 0.636 e. The predicted molar refractivity (Wildman–Crippen MR) is 182 cm³/mol. The molecule has 7 heteroatoms. The van der Waals surface area contributed by atoms with Crippen LogP contribution < -0.4 is 9.98 Å². The highest BCUT2D eigenvalue weighted by Crippen LogP contribution is 2.72. The van der Waals surface area contributed by atoms with E-state index in [0.29, 0.717) is 5.02 Å². The molecule has 4 aromatic rings. The Hall–Kier alpha value is -3.15. The Morgan fingerprint density at radius 3 is 1.77 bits per heavy atom. The minimum atomic E-state index is -3.48. The maximum absolute atomic E-state index is 15.9. The summed E-state index contributed by atoms with van der Waals surface area (Å²) in [5.41, 5.74) is 3.99.